The largest absolute Gasteiger partial charge is 0.512 e. The smallest absolute Gasteiger partial charge is 0.465 e. The molecule has 1 aliphatic heterocycles. The van der Waals surface area contributed by atoms with E-state index < -0.39 is 30.1 Å². The molecule has 2 aromatic rings. The summed E-state index contributed by atoms with van der Waals surface area (Å²) in [6.07, 6.45) is 0. The molecule has 2 heterocycles. The summed E-state index contributed by atoms with van der Waals surface area (Å²) in [5.74, 6) is -1.33. The molecule has 0 atom stereocenters. The van der Waals surface area contributed by atoms with Crippen LogP contribution in [0.15, 0.2) is 30.3 Å². The number of nitrogens with one attached hydrogen (secondary N) is 1. The van der Waals surface area contributed by atoms with Gasteiger partial charge in [0, 0.05) is 16.9 Å². The van der Waals surface area contributed by atoms with Crippen molar-refractivity contribution < 1.29 is 23.2 Å². The van der Waals surface area contributed by atoms with E-state index in [0.717, 1.165) is 5.59 Å². The van der Waals surface area contributed by atoms with Gasteiger partial charge in [-0.1, -0.05) is 6.07 Å². The highest BCUT2D eigenvalue weighted by atomic mass is 19.1. The summed E-state index contributed by atoms with van der Waals surface area (Å²) >= 11 is 0. The summed E-state index contributed by atoms with van der Waals surface area (Å²) in [5, 5.41) is 0. The molecule has 0 aliphatic carbocycles. The monoisotopic (exact) mass is 345 g/mol. The highest BCUT2D eigenvalue weighted by Gasteiger charge is 2.52. The lowest BCUT2D eigenvalue weighted by atomic mass is 9.85. The van der Waals surface area contributed by atoms with Gasteiger partial charge < -0.3 is 19.0 Å². The molecule has 132 valence electrons. The van der Waals surface area contributed by atoms with Crippen LogP contribution < -0.4 is 5.59 Å². The molecule has 0 saturated carbocycles. The Morgan fingerprint density at radius 3 is 2.32 bits per heavy atom. The lowest BCUT2D eigenvalue weighted by Gasteiger charge is -2.32. The van der Waals surface area contributed by atoms with Crippen molar-refractivity contribution in [2.45, 2.75) is 38.9 Å². The maximum Gasteiger partial charge on any atom is 0.512 e. The van der Waals surface area contributed by atoms with E-state index in [2.05, 4.69) is 9.72 Å². The fourth-order valence-electron chi connectivity index (χ4n) is 2.65. The Bertz CT molecular complexity index is 799. The molecule has 7 heteroatoms. The lowest BCUT2D eigenvalue weighted by Crippen LogP contribution is -2.41. The number of H-pyrrole nitrogens is 1. The van der Waals surface area contributed by atoms with E-state index in [0.29, 0.717) is 11.3 Å². The Morgan fingerprint density at radius 2 is 1.76 bits per heavy atom. The number of hydrogen-bond donors (Lipinski definition) is 1. The van der Waals surface area contributed by atoms with Gasteiger partial charge in [-0.2, -0.15) is 0 Å². The van der Waals surface area contributed by atoms with Gasteiger partial charge in [0.2, 0.25) is 0 Å². The molecular weight excluding hydrogens is 324 g/mol. The minimum absolute atomic E-state index is 0.0935. The minimum Gasteiger partial charge on any atom is -0.465 e. The first kappa shape index (κ1) is 17.7. The van der Waals surface area contributed by atoms with Gasteiger partial charge in [0.25, 0.3) is 0 Å². The van der Waals surface area contributed by atoms with Gasteiger partial charge in [-0.05, 0) is 52.0 Å². The van der Waals surface area contributed by atoms with Gasteiger partial charge in [-0.15, -0.1) is 0 Å². The van der Waals surface area contributed by atoms with Crippen molar-refractivity contribution in [1.29, 1.82) is 0 Å². The van der Waals surface area contributed by atoms with E-state index in [1.165, 1.54) is 19.2 Å². The molecule has 0 bridgehead atoms. The van der Waals surface area contributed by atoms with Crippen LogP contribution in [0.1, 0.15) is 38.1 Å². The number of carbonyl (C=O) groups excluding carboxylic acids is 1. The second-order valence-corrected chi connectivity index (χ2v) is 7.10. The summed E-state index contributed by atoms with van der Waals surface area (Å²) in [7, 11) is 0.704. The number of ether oxygens (including phenoxy) is 1. The maximum absolute atomic E-state index is 14.1. The van der Waals surface area contributed by atoms with Crippen LogP contribution in [0, 0.1) is 5.82 Å². The fourth-order valence-corrected chi connectivity index (χ4v) is 2.65. The number of aromatic amines is 1. The van der Waals surface area contributed by atoms with E-state index in [1.807, 2.05) is 39.8 Å². The molecule has 3 rings (SSSR count). The van der Waals surface area contributed by atoms with Crippen molar-refractivity contribution in [3.63, 3.8) is 0 Å². The molecule has 25 heavy (non-hydrogen) atoms. The van der Waals surface area contributed by atoms with Crippen molar-refractivity contribution in [3.8, 4) is 11.3 Å². The number of benzene rings is 1. The van der Waals surface area contributed by atoms with Gasteiger partial charge >= 0.3 is 13.1 Å². The average molecular weight is 345 g/mol. The maximum atomic E-state index is 14.1. The number of carbonyl (C=O) groups is 1. The molecule has 0 radical (unpaired) electrons. The van der Waals surface area contributed by atoms with Crippen LogP contribution in [0.25, 0.3) is 11.3 Å². The highest BCUT2D eigenvalue weighted by molar-refractivity contribution is 6.61. The van der Waals surface area contributed by atoms with E-state index >= 15 is 0 Å². The van der Waals surface area contributed by atoms with E-state index in [-0.39, 0.29) is 5.56 Å². The van der Waals surface area contributed by atoms with Gasteiger partial charge in [-0.3, -0.25) is 0 Å². The third-order valence-electron chi connectivity index (χ3n) is 4.90. The van der Waals surface area contributed by atoms with Gasteiger partial charge in [0.1, 0.15) is 5.82 Å². The predicted octanol–water partition coefficient (Wildman–Crippen LogP) is 2.91. The first-order valence-corrected chi connectivity index (χ1v) is 8.07. The topological polar surface area (TPSA) is 60.6 Å². The zero-order chi connectivity index (χ0) is 18.4. The molecule has 1 saturated heterocycles. The van der Waals surface area contributed by atoms with Crippen LogP contribution in [0.3, 0.4) is 0 Å². The Labute approximate surface area is 146 Å². The van der Waals surface area contributed by atoms with E-state index in [9.17, 15) is 9.18 Å². The molecule has 1 fully saturated rings. The second-order valence-electron chi connectivity index (χ2n) is 7.10. The molecule has 0 amide bonds. The third kappa shape index (κ3) is 3.09. The highest BCUT2D eigenvalue weighted by Crippen LogP contribution is 2.36. The number of esters is 1. The summed E-state index contributed by atoms with van der Waals surface area (Å²) in [5.41, 5.74) is 1.12. The first-order chi connectivity index (χ1) is 11.6. The molecule has 0 spiro atoms. The molecule has 0 unspecified atom stereocenters. The number of halogens is 1. The fraction of sp³-hybridized carbons (Fsp3) is 0.389. The minimum atomic E-state index is -0.701. The number of hydrogen-bond acceptors (Lipinski definition) is 4. The summed E-state index contributed by atoms with van der Waals surface area (Å²) in [6.45, 7) is 7.94. The molecule has 1 N–H and O–H groups in total. The Hall–Kier alpha value is -2.12. The van der Waals surface area contributed by atoms with Crippen LogP contribution in [0.2, 0.25) is 0 Å². The summed E-state index contributed by atoms with van der Waals surface area (Å²) in [4.78, 5) is 14.7. The van der Waals surface area contributed by atoms with Gasteiger partial charge in [0.05, 0.1) is 23.9 Å². The number of methoxy groups -OCH3 is 1. The van der Waals surface area contributed by atoms with Crippen LogP contribution >= 0.6 is 0 Å². The standard InChI is InChI=1S/C18H21BFNO4/c1-17(2)18(3,4)25-19(24-17)15-9-8-14(21-15)11-6-7-12(13(20)10-11)16(22)23-5/h6-10,21H,1-5H3. The molecule has 1 aliphatic rings. The van der Waals surface area contributed by atoms with Crippen molar-refractivity contribution in [1.82, 2.24) is 4.98 Å². The Balaban J connectivity index is 1.85. The van der Waals surface area contributed by atoms with Gasteiger partial charge in [-0.25, -0.2) is 9.18 Å². The molecular formula is C18H21BFNO4. The van der Waals surface area contributed by atoms with Crippen LogP contribution in [-0.4, -0.2) is 36.4 Å². The predicted molar refractivity (Wildman–Crippen MR) is 93.2 cm³/mol. The molecule has 1 aromatic carbocycles. The average Bonchev–Trinajstić information content (AvgIpc) is 3.10. The second kappa shape index (κ2) is 6.00. The van der Waals surface area contributed by atoms with Crippen molar-refractivity contribution in [3.05, 3.63) is 41.7 Å². The zero-order valence-corrected chi connectivity index (χ0v) is 15.0. The van der Waals surface area contributed by atoms with Crippen LogP contribution in [0.4, 0.5) is 4.39 Å². The zero-order valence-electron chi connectivity index (χ0n) is 15.0. The van der Waals surface area contributed by atoms with E-state index in [4.69, 9.17) is 9.31 Å². The summed E-state index contributed by atoms with van der Waals surface area (Å²) < 4.78 is 30.7. The van der Waals surface area contributed by atoms with Crippen molar-refractivity contribution in [2.75, 3.05) is 7.11 Å². The third-order valence-corrected chi connectivity index (χ3v) is 4.90. The SMILES string of the molecule is COC(=O)c1ccc(-c2ccc(B3OC(C)(C)C(C)(C)O3)[nH]2)cc1F. The lowest BCUT2D eigenvalue weighted by molar-refractivity contribution is 0.00578. The van der Waals surface area contributed by atoms with Crippen LogP contribution in [-0.2, 0) is 14.0 Å². The molecule has 1 aromatic heterocycles. The van der Waals surface area contributed by atoms with Gasteiger partial charge in [0.15, 0.2) is 0 Å². The van der Waals surface area contributed by atoms with Crippen molar-refractivity contribution in [2.24, 2.45) is 0 Å². The Morgan fingerprint density at radius 1 is 1.12 bits per heavy atom. The van der Waals surface area contributed by atoms with Crippen LogP contribution in [0.5, 0.6) is 0 Å². The van der Waals surface area contributed by atoms with Crippen molar-refractivity contribution >= 4 is 18.7 Å². The first-order valence-electron chi connectivity index (χ1n) is 8.07. The number of rotatable bonds is 3. The Kier molecular flexibility index (Phi) is 4.25. The normalized spacial score (nSPS) is 18.4. The van der Waals surface area contributed by atoms with E-state index in [1.54, 1.807) is 6.07 Å². The summed E-state index contributed by atoms with van der Waals surface area (Å²) in [6, 6.07) is 8.05. The number of aromatic nitrogens is 1. The quantitative estimate of drug-likeness (QED) is 0.686. The molecule has 5 nitrogen and oxygen atoms in total.